The molecule has 0 aliphatic heterocycles. The zero-order valence-electron chi connectivity index (χ0n) is 15.3. The van der Waals surface area contributed by atoms with E-state index in [1.54, 1.807) is 50.4 Å². The Morgan fingerprint density at radius 3 is 2.23 bits per heavy atom. The molecule has 0 aliphatic rings. The predicted molar refractivity (Wildman–Crippen MR) is 99.6 cm³/mol. The van der Waals surface area contributed by atoms with Crippen LogP contribution in [0.3, 0.4) is 0 Å². The zero-order valence-corrected chi connectivity index (χ0v) is 15.3. The Bertz CT molecular complexity index is 806. The summed E-state index contributed by atoms with van der Waals surface area (Å²) in [6.45, 7) is 3.50. The summed E-state index contributed by atoms with van der Waals surface area (Å²) in [4.78, 5) is 24.3. The fourth-order valence-electron chi connectivity index (χ4n) is 2.34. The lowest BCUT2D eigenvalue weighted by Gasteiger charge is -2.11. The molecule has 26 heavy (non-hydrogen) atoms. The first-order valence-electron chi connectivity index (χ1n) is 8.16. The van der Waals surface area contributed by atoms with Crippen molar-refractivity contribution < 1.29 is 23.8 Å². The van der Waals surface area contributed by atoms with Crippen molar-refractivity contribution >= 4 is 17.8 Å². The fourth-order valence-corrected chi connectivity index (χ4v) is 2.34. The minimum absolute atomic E-state index is 0.238. The first-order chi connectivity index (χ1) is 12.4. The van der Waals surface area contributed by atoms with Gasteiger partial charge in [0.1, 0.15) is 0 Å². The highest BCUT2D eigenvalue weighted by molar-refractivity contribution is 6.01. The van der Waals surface area contributed by atoms with Crippen LogP contribution in [0.1, 0.15) is 28.4 Å². The average Bonchev–Trinajstić information content (AvgIpc) is 2.66. The van der Waals surface area contributed by atoms with E-state index in [2.05, 4.69) is 0 Å². The highest BCUT2D eigenvalue weighted by Crippen LogP contribution is 2.27. The molecule has 0 saturated carbocycles. The van der Waals surface area contributed by atoms with Crippen molar-refractivity contribution in [3.8, 4) is 11.5 Å². The van der Waals surface area contributed by atoms with Crippen LogP contribution in [0.2, 0.25) is 0 Å². The van der Waals surface area contributed by atoms with Gasteiger partial charge in [-0.1, -0.05) is 35.9 Å². The van der Waals surface area contributed by atoms with Gasteiger partial charge in [-0.25, -0.2) is 4.79 Å². The molecule has 0 fully saturated rings. The molecule has 136 valence electrons. The third kappa shape index (κ3) is 4.96. The quantitative estimate of drug-likeness (QED) is 0.429. The number of hydrogen-bond acceptors (Lipinski definition) is 5. The summed E-state index contributed by atoms with van der Waals surface area (Å²) in [7, 11) is 3.09. The Morgan fingerprint density at radius 2 is 1.62 bits per heavy atom. The second-order valence-corrected chi connectivity index (χ2v) is 5.76. The van der Waals surface area contributed by atoms with E-state index >= 15 is 0 Å². The van der Waals surface area contributed by atoms with E-state index in [4.69, 9.17) is 14.2 Å². The second-order valence-electron chi connectivity index (χ2n) is 5.76. The molecule has 1 atom stereocenters. The van der Waals surface area contributed by atoms with E-state index in [1.807, 2.05) is 19.1 Å². The molecule has 0 spiro atoms. The van der Waals surface area contributed by atoms with Gasteiger partial charge in [0.05, 0.1) is 14.2 Å². The smallest absolute Gasteiger partial charge is 0.331 e. The maximum atomic E-state index is 12.3. The average molecular weight is 354 g/mol. The van der Waals surface area contributed by atoms with Crippen molar-refractivity contribution in [2.24, 2.45) is 0 Å². The third-order valence-electron chi connectivity index (χ3n) is 3.82. The number of ether oxygens (including phenoxy) is 3. The summed E-state index contributed by atoms with van der Waals surface area (Å²) in [6.07, 6.45) is 2.01. The Morgan fingerprint density at radius 1 is 0.962 bits per heavy atom. The molecule has 2 aromatic rings. The first-order valence-corrected chi connectivity index (χ1v) is 8.16. The van der Waals surface area contributed by atoms with Crippen molar-refractivity contribution in [3.63, 3.8) is 0 Å². The van der Waals surface area contributed by atoms with Gasteiger partial charge in [-0.05, 0) is 37.6 Å². The zero-order chi connectivity index (χ0) is 19.1. The Balaban J connectivity index is 2.00. The molecule has 5 heteroatoms. The van der Waals surface area contributed by atoms with Crippen molar-refractivity contribution in [1.29, 1.82) is 0 Å². The predicted octanol–water partition coefficient (Wildman–Crippen LogP) is 3.84. The molecule has 0 heterocycles. The monoisotopic (exact) mass is 354 g/mol. The van der Waals surface area contributed by atoms with E-state index in [0.29, 0.717) is 17.1 Å². The number of aryl methyl sites for hydroxylation is 1. The number of methoxy groups -OCH3 is 2. The second kappa shape index (κ2) is 8.85. The number of carbonyl (C=O) groups is 2. The highest BCUT2D eigenvalue weighted by atomic mass is 16.5. The van der Waals surface area contributed by atoms with Gasteiger partial charge in [0.25, 0.3) is 0 Å². The lowest BCUT2D eigenvalue weighted by Crippen LogP contribution is -2.23. The minimum atomic E-state index is -0.861. The van der Waals surface area contributed by atoms with Crippen molar-refractivity contribution in [3.05, 3.63) is 65.2 Å². The SMILES string of the molecule is COc1ccc(/C=C/C(=O)O[C@H](C)C(=O)c2ccc(C)cc2)cc1OC. The molecule has 0 radical (unpaired) electrons. The maximum absolute atomic E-state index is 12.3. The molecular formula is C21H22O5. The number of ketones is 1. The summed E-state index contributed by atoms with van der Waals surface area (Å²) in [5.74, 6) is 0.334. The van der Waals surface area contributed by atoms with Crippen LogP contribution in [-0.2, 0) is 9.53 Å². The molecule has 0 amide bonds. The number of Topliss-reactive ketones (excluding diaryl/α,β-unsaturated/α-hetero) is 1. The van der Waals surface area contributed by atoms with Crippen LogP contribution in [0.25, 0.3) is 6.08 Å². The lowest BCUT2D eigenvalue weighted by molar-refractivity contribution is -0.140. The lowest BCUT2D eigenvalue weighted by atomic mass is 10.1. The van der Waals surface area contributed by atoms with Crippen LogP contribution in [0, 0.1) is 6.92 Å². The normalized spacial score (nSPS) is 11.8. The molecule has 0 unspecified atom stereocenters. The molecule has 5 nitrogen and oxygen atoms in total. The van der Waals surface area contributed by atoms with Crippen molar-refractivity contribution in [2.45, 2.75) is 20.0 Å². The summed E-state index contributed by atoms with van der Waals surface area (Å²) in [5.41, 5.74) is 2.32. The topological polar surface area (TPSA) is 61.8 Å². The van der Waals surface area contributed by atoms with Crippen LogP contribution in [-0.4, -0.2) is 32.1 Å². The van der Waals surface area contributed by atoms with Gasteiger partial charge in [0.2, 0.25) is 5.78 Å². The molecule has 0 N–H and O–H groups in total. The number of rotatable bonds is 7. The summed E-state index contributed by atoms with van der Waals surface area (Å²) >= 11 is 0. The number of esters is 1. The summed E-state index contributed by atoms with van der Waals surface area (Å²) < 4.78 is 15.6. The number of hydrogen-bond donors (Lipinski definition) is 0. The van der Waals surface area contributed by atoms with Gasteiger partial charge in [-0.15, -0.1) is 0 Å². The Hall–Kier alpha value is -3.08. The van der Waals surface area contributed by atoms with Crippen LogP contribution < -0.4 is 9.47 Å². The Kier molecular flexibility index (Phi) is 6.55. The van der Waals surface area contributed by atoms with Crippen LogP contribution >= 0.6 is 0 Å². The van der Waals surface area contributed by atoms with Gasteiger partial charge in [-0.2, -0.15) is 0 Å². The van der Waals surface area contributed by atoms with Crippen molar-refractivity contribution in [1.82, 2.24) is 0 Å². The molecule has 0 aliphatic carbocycles. The van der Waals surface area contributed by atoms with Gasteiger partial charge in [0, 0.05) is 11.6 Å². The van der Waals surface area contributed by atoms with Gasteiger partial charge >= 0.3 is 5.97 Å². The van der Waals surface area contributed by atoms with E-state index in [9.17, 15) is 9.59 Å². The third-order valence-corrected chi connectivity index (χ3v) is 3.82. The van der Waals surface area contributed by atoms with Gasteiger partial charge in [0.15, 0.2) is 17.6 Å². The molecule has 0 saturated heterocycles. The summed E-state index contributed by atoms with van der Waals surface area (Å²) in [5, 5.41) is 0. The largest absolute Gasteiger partial charge is 0.493 e. The highest BCUT2D eigenvalue weighted by Gasteiger charge is 2.18. The fraction of sp³-hybridized carbons (Fsp3) is 0.238. The standard InChI is InChI=1S/C21H22O5/c1-14-5-9-17(10-6-14)21(23)15(2)26-20(22)12-8-16-7-11-18(24-3)19(13-16)25-4/h5-13,15H,1-4H3/b12-8+/t15-/m1/s1. The summed E-state index contributed by atoms with van der Waals surface area (Å²) in [6, 6.07) is 12.4. The molecule has 0 bridgehead atoms. The minimum Gasteiger partial charge on any atom is -0.493 e. The molecule has 2 aromatic carbocycles. The van der Waals surface area contributed by atoms with Crippen LogP contribution in [0.15, 0.2) is 48.5 Å². The van der Waals surface area contributed by atoms with Gasteiger partial charge < -0.3 is 14.2 Å². The van der Waals surface area contributed by atoms with E-state index in [0.717, 1.165) is 11.1 Å². The molecular weight excluding hydrogens is 332 g/mol. The Labute approximate surface area is 153 Å². The maximum Gasteiger partial charge on any atom is 0.331 e. The van der Waals surface area contributed by atoms with Crippen molar-refractivity contribution in [2.75, 3.05) is 14.2 Å². The van der Waals surface area contributed by atoms with E-state index in [1.165, 1.54) is 13.2 Å². The van der Waals surface area contributed by atoms with E-state index < -0.39 is 12.1 Å². The van der Waals surface area contributed by atoms with Gasteiger partial charge in [-0.3, -0.25) is 4.79 Å². The number of carbonyl (C=O) groups excluding carboxylic acids is 2. The van der Waals surface area contributed by atoms with Crippen LogP contribution in [0.4, 0.5) is 0 Å². The number of benzene rings is 2. The van der Waals surface area contributed by atoms with Crippen LogP contribution in [0.5, 0.6) is 11.5 Å². The molecule has 2 rings (SSSR count). The molecule has 0 aromatic heterocycles. The van der Waals surface area contributed by atoms with E-state index in [-0.39, 0.29) is 5.78 Å². The first kappa shape index (κ1) is 19.2.